The second kappa shape index (κ2) is 8.37. The van der Waals surface area contributed by atoms with E-state index in [1.165, 1.54) is 5.56 Å². The largest absolute Gasteiger partial charge is 0.497 e. The Balaban J connectivity index is 1.65. The van der Waals surface area contributed by atoms with E-state index in [-0.39, 0.29) is 11.9 Å². The van der Waals surface area contributed by atoms with E-state index in [4.69, 9.17) is 4.74 Å². The van der Waals surface area contributed by atoms with E-state index in [1.54, 1.807) is 7.11 Å². The fourth-order valence-electron chi connectivity index (χ4n) is 3.68. The highest BCUT2D eigenvalue weighted by Crippen LogP contribution is 2.32. The number of likely N-dealkylation sites (N-methyl/N-ethyl adjacent to an activating group) is 1. The number of hydrogen-bond acceptors (Lipinski definition) is 3. The average molecular weight is 352 g/mol. The Bertz CT molecular complexity index is 715. The molecule has 2 aromatic carbocycles. The molecule has 138 valence electrons. The van der Waals surface area contributed by atoms with Crippen LogP contribution in [-0.2, 0) is 4.79 Å². The fourth-order valence-corrected chi connectivity index (χ4v) is 3.68. The van der Waals surface area contributed by atoms with Crippen molar-refractivity contribution in [1.29, 1.82) is 0 Å². The molecule has 26 heavy (non-hydrogen) atoms. The molecule has 4 nitrogen and oxygen atoms in total. The lowest BCUT2D eigenvalue weighted by Crippen LogP contribution is -2.39. The summed E-state index contributed by atoms with van der Waals surface area (Å²) in [6, 6.07) is 18.8. The number of methoxy groups -OCH3 is 1. The summed E-state index contributed by atoms with van der Waals surface area (Å²) in [5.41, 5.74) is 2.42. The molecule has 0 aromatic heterocycles. The van der Waals surface area contributed by atoms with E-state index < -0.39 is 0 Å². The predicted molar refractivity (Wildman–Crippen MR) is 104 cm³/mol. The highest BCUT2D eigenvalue weighted by Gasteiger charge is 2.29. The van der Waals surface area contributed by atoms with Crippen molar-refractivity contribution in [2.75, 3.05) is 27.2 Å². The van der Waals surface area contributed by atoms with Crippen molar-refractivity contribution in [3.8, 4) is 5.75 Å². The SMILES string of the molecule is COc1ccc([C@H]2CCCN2CC(=O)N(C)[C@@H](C)c2ccccc2)cc1. The molecule has 1 aliphatic heterocycles. The number of benzene rings is 2. The van der Waals surface area contributed by atoms with Gasteiger partial charge in [-0.3, -0.25) is 9.69 Å². The maximum atomic E-state index is 12.9. The third-order valence-electron chi connectivity index (χ3n) is 5.46. The molecule has 4 heteroatoms. The number of carbonyl (C=O) groups is 1. The number of amides is 1. The van der Waals surface area contributed by atoms with Crippen molar-refractivity contribution in [3.63, 3.8) is 0 Å². The van der Waals surface area contributed by atoms with Gasteiger partial charge in [-0.05, 0) is 49.6 Å². The van der Waals surface area contributed by atoms with Crippen molar-refractivity contribution >= 4 is 5.91 Å². The molecule has 0 bridgehead atoms. The van der Waals surface area contributed by atoms with E-state index in [0.29, 0.717) is 12.6 Å². The maximum absolute atomic E-state index is 12.9. The topological polar surface area (TPSA) is 32.8 Å². The zero-order valence-electron chi connectivity index (χ0n) is 15.9. The minimum absolute atomic E-state index is 0.0748. The Kier molecular flexibility index (Phi) is 5.94. The van der Waals surface area contributed by atoms with Crippen LogP contribution in [0.5, 0.6) is 5.75 Å². The summed E-state index contributed by atoms with van der Waals surface area (Å²) in [6.45, 7) is 3.51. The fraction of sp³-hybridized carbons (Fsp3) is 0.409. The summed E-state index contributed by atoms with van der Waals surface area (Å²) < 4.78 is 5.25. The van der Waals surface area contributed by atoms with Gasteiger partial charge in [-0.2, -0.15) is 0 Å². The highest BCUT2D eigenvalue weighted by atomic mass is 16.5. The van der Waals surface area contributed by atoms with Crippen LogP contribution in [0.25, 0.3) is 0 Å². The molecule has 1 aliphatic rings. The third kappa shape index (κ3) is 4.07. The summed E-state index contributed by atoms with van der Waals surface area (Å²) in [5, 5.41) is 0. The Morgan fingerprint density at radius 2 is 1.88 bits per heavy atom. The van der Waals surface area contributed by atoms with Crippen LogP contribution in [0, 0.1) is 0 Å². The number of rotatable bonds is 6. The Labute approximate surface area is 156 Å². The monoisotopic (exact) mass is 352 g/mol. The van der Waals surface area contributed by atoms with Gasteiger partial charge in [-0.25, -0.2) is 0 Å². The molecule has 1 saturated heterocycles. The molecule has 1 heterocycles. The molecule has 0 radical (unpaired) electrons. The number of carbonyl (C=O) groups excluding carboxylic acids is 1. The van der Waals surface area contributed by atoms with Crippen LogP contribution in [0.3, 0.4) is 0 Å². The number of nitrogens with zero attached hydrogens (tertiary/aromatic N) is 2. The molecule has 0 unspecified atom stereocenters. The molecule has 1 fully saturated rings. The molecule has 1 amide bonds. The predicted octanol–water partition coefficient (Wildman–Crippen LogP) is 4.05. The number of ether oxygens (including phenoxy) is 1. The van der Waals surface area contributed by atoms with Gasteiger partial charge in [-0.15, -0.1) is 0 Å². The molecular weight excluding hydrogens is 324 g/mol. The first-order valence-corrected chi connectivity index (χ1v) is 9.28. The molecule has 0 saturated carbocycles. The van der Waals surface area contributed by atoms with Gasteiger partial charge in [0.25, 0.3) is 0 Å². The first kappa shape index (κ1) is 18.5. The van der Waals surface area contributed by atoms with Crippen molar-refractivity contribution in [3.05, 3.63) is 65.7 Å². The quantitative estimate of drug-likeness (QED) is 0.786. The summed E-state index contributed by atoms with van der Waals surface area (Å²) in [5.74, 6) is 1.03. The van der Waals surface area contributed by atoms with E-state index in [9.17, 15) is 4.79 Å². The second-order valence-corrected chi connectivity index (χ2v) is 6.99. The van der Waals surface area contributed by atoms with Gasteiger partial charge in [0.2, 0.25) is 5.91 Å². The minimum Gasteiger partial charge on any atom is -0.497 e. The lowest BCUT2D eigenvalue weighted by molar-refractivity contribution is -0.133. The highest BCUT2D eigenvalue weighted by molar-refractivity contribution is 5.78. The zero-order valence-corrected chi connectivity index (χ0v) is 15.9. The minimum atomic E-state index is 0.0748. The average Bonchev–Trinajstić information content (AvgIpc) is 3.15. The van der Waals surface area contributed by atoms with Gasteiger partial charge in [0.15, 0.2) is 0 Å². The smallest absolute Gasteiger partial charge is 0.237 e. The number of likely N-dealkylation sites (tertiary alicyclic amines) is 1. The van der Waals surface area contributed by atoms with Gasteiger partial charge in [0, 0.05) is 13.1 Å². The van der Waals surface area contributed by atoms with Crippen molar-refractivity contribution in [2.45, 2.75) is 31.8 Å². The summed E-state index contributed by atoms with van der Waals surface area (Å²) in [6.07, 6.45) is 2.22. The van der Waals surface area contributed by atoms with Crippen LogP contribution in [0.1, 0.15) is 43.0 Å². The van der Waals surface area contributed by atoms with E-state index in [1.807, 2.05) is 42.3 Å². The Morgan fingerprint density at radius 3 is 2.54 bits per heavy atom. The van der Waals surface area contributed by atoms with Crippen molar-refractivity contribution in [1.82, 2.24) is 9.80 Å². The van der Waals surface area contributed by atoms with Crippen LogP contribution in [-0.4, -0.2) is 43.0 Å². The zero-order chi connectivity index (χ0) is 18.5. The van der Waals surface area contributed by atoms with Crippen LogP contribution >= 0.6 is 0 Å². The van der Waals surface area contributed by atoms with E-state index in [2.05, 4.69) is 36.1 Å². The number of hydrogen-bond donors (Lipinski definition) is 0. The normalized spacial score (nSPS) is 18.5. The van der Waals surface area contributed by atoms with Gasteiger partial charge >= 0.3 is 0 Å². The maximum Gasteiger partial charge on any atom is 0.237 e. The summed E-state index contributed by atoms with van der Waals surface area (Å²) >= 11 is 0. The Morgan fingerprint density at radius 1 is 1.19 bits per heavy atom. The van der Waals surface area contributed by atoms with E-state index >= 15 is 0 Å². The van der Waals surface area contributed by atoms with Crippen molar-refractivity contribution < 1.29 is 9.53 Å². The molecule has 3 rings (SSSR count). The van der Waals surface area contributed by atoms with Crippen LogP contribution in [0.15, 0.2) is 54.6 Å². The van der Waals surface area contributed by atoms with Crippen LogP contribution in [0.4, 0.5) is 0 Å². The van der Waals surface area contributed by atoms with Gasteiger partial charge in [-0.1, -0.05) is 42.5 Å². The van der Waals surface area contributed by atoms with Gasteiger partial charge in [0.1, 0.15) is 5.75 Å². The second-order valence-electron chi connectivity index (χ2n) is 6.99. The first-order valence-electron chi connectivity index (χ1n) is 9.28. The summed E-state index contributed by atoms with van der Waals surface area (Å²) in [4.78, 5) is 17.0. The molecule has 2 atom stereocenters. The van der Waals surface area contributed by atoms with Gasteiger partial charge in [0.05, 0.1) is 19.7 Å². The lowest BCUT2D eigenvalue weighted by atomic mass is 10.0. The Hall–Kier alpha value is -2.33. The van der Waals surface area contributed by atoms with Crippen LogP contribution in [0.2, 0.25) is 0 Å². The van der Waals surface area contributed by atoms with E-state index in [0.717, 1.165) is 30.7 Å². The third-order valence-corrected chi connectivity index (χ3v) is 5.46. The molecule has 2 aromatic rings. The van der Waals surface area contributed by atoms with Crippen molar-refractivity contribution in [2.24, 2.45) is 0 Å². The molecule has 0 N–H and O–H groups in total. The molecule has 0 aliphatic carbocycles. The summed E-state index contributed by atoms with van der Waals surface area (Å²) in [7, 11) is 3.58. The lowest BCUT2D eigenvalue weighted by Gasteiger charge is -2.30. The molecule has 0 spiro atoms. The first-order chi connectivity index (χ1) is 12.6. The van der Waals surface area contributed by atoms with Crippen LogP contribution < -0.4 is 4.74 Å². The standard InChI is InChI=1S/C22H28N2O2/c1-17(18-8-5-4-6-9-18)23(2)22(25)16-24-15-7-10-21(24)19-11-13-20(26-3)14-12-19/h4-6,8-9,11-14,17,21H,7,10,15-16H2,1-3H3/t17-,21+/m0/s1. The molecular formula is C22H28N2O2. The van der Waals surface area contributed by atoms with Gasteiger partial charge < -0.3 is 9.64 Å².